The number of carbonyl (C=O) groups excluding carboxylic acids is 1. The molecule has 6 heteroatoms. The summed E-state index contributed by atoms with van der Waals surface area (Å²) in [4.78, 5) is 11.9. The Balaban J connectivity index is 1.47. The molecule has 1 unspecified atom stereocenters. The SMILES string of the molecule is Cc1ccc(CNC(=O)NCC(O)c2ccco2)c(OCC2CC2)c1. The van der Waals surface area contributed by atoms with Gasteiger partial charge < -0.3 is 24.9 Å². The van der Waals surface area contributed by atoms with Crippen LogP contribution in [0, 0.1) is 12.8 Å². The minimum absolute atomic E-state index is 0.0816. The van der Waals surface area contributed by atoms with Gasteiger partial charge in [-0.05, 0) is 49.4 Å². The molecular weight excluding hydrogens is 320 g/mol. The predicted octanol–water partition coefficient (Wildman–Crippen LogP) is 2.91. The van der Waals surface area contributed by atoms with Crippen LogP contribution >= 0.6 is 0 Å². The summed E-state index contributed by atoms with van der Waals surface area (Å²) in [7, 11) is 0. The van der Waals surface area contributed by atoms with Crippen molar-refractivity contribution in [1.29, 1.82) is 0 Å². The fraction of sp³-hybridized carbons (Fsp3) is 0.421. The Morgan fingerprint density at radius 3 is 2.92 bits per heavy atom. The Hall–Kier alpha value is -2.47. The van der Waals surface area contributed by atoms with Crippen molar-refractivity contribution in [3.63, 3.8) is 0 Å². The summed E-state index contributed by atoms with van der Waals surface area (Å²) in [5.41, 5.74) is 2.06. The van der Waals surface area contributed by atoms with E-state index in [1.54, 1.807) is 12.1 Å². The van der Waals surface area contributed by atoms with E-state index in [1.165, 1.54) is 19.1 Å². The standard InChI is InChI=1S/C19H24N2O4/c1-13-4-7-15(18(9-13)25-12-14-5-6-14)10-20-19(23)21-11-16(22)17-3-2-8-24-17/h2-4,7-9,14,16,22H,5-6,10-12H2,1H3,(H2,20,21,23). The highest BCUT2D eigenvalue weighted by Crippen LogP contribution is 2.30. The summed E-state index contributed by atoms with van der Waals surface area (Å²) in [5, 5.41) is 15.3. The van der Waals surface area contributed by atoms with Crippen LogP contribution in [-0.4, -0.2) is 24.3 Å². The second-order valence-corrected chi connectivity index (χ2v) is 6.46. The predicted molar refractivity (Wildman–Crippen MR) is 93.3 cm³/mol. The Labute approximate surface area is 147 Å². The average Bonchev–Trinajstić information content (AvgIpc) is 3.27. The van der Waals surface area contributed by atoms with Crippen molar-refractivity contribution in [2.75, 3.05) is 13.2 Å². The molecular formula is C19H24N2O4. The highest BCUT2D eigenvalue weighted by atomic mass is 16.5. The summed E-state index contributed by atoms with van der Waals surface area (Å²) in [6.07, 6.45) is 3.09. The zero-order valence-electron chi connectivity index (χ0n) is 14.3. The molecule has 1 heterocycles. The molecule has 1 aromatic heterocycles. The Morgan fingerprint density at radius 2 is 2.20 bits per heavy atom. The number of amides is 2. The molecule has 1 aliphatic carbocycles. The number of carbonyl (C=O) groups is 1. The van der Waals surface area contributed by atoms with Crippen LogP contribution in [0.25, 0.3) is 0 Å². The third-order valence-electron chi connectivity index (χ3n) is 4.16. The van der Waals surface area contributed by atoms with Crippen molar-refractivity contribution in [2.24, 2.45) is 5.92 Å². The van der Waals surface area contributed by atoms with Gasteiger partial charge in [-0.15, -0.1) is 0 Å². The van der Waals surface area contributed by atoms with Gasteiger partial charge in [0.2, 0.25) is 0 Å². The van der Waals surface area contributed by atoms with Gasteiger partial charge in [0.25, 0.3) is 0 Å². The van der Waals surface area contributed by atoms with E-state index in [9.17, 15) is 9.90 Å². The Bertz CT molecular complexity index is 695. The zero-order valence-corrected chi connectivity index (χ0v) is 14.3. The van der Waals surface area contributed by atoms with Gasteiger partial charge >= 0.3 is 6.03 Å². The monoisotopic (exact) mass is 344 g/mol. The van der Waals surface area contributed by atoms with Crippen LogP contribution in [0.3, 0.4) is 0 Å². The molecule has 1 saturated carbocycles. The summed E-state index contributed by atoms with van der Waals surface area (Å²) in [6.45, 7) is 3.20. The maximum absolute atomic E-state index is 11.9. The summed E-state index contributed by atoms with van der Waals surface area (Å²) in [6, 6.07) is 8.98. The molecule has 2 aromatic rings. The van der Waals surface area contributed by atoms with Gasteiger partial charge in [0.05, 0.1) is 19.4 Å². The molecule has 134 valence electrons. The number of hydrogen-bond donors (Lipinski definition) is 3. The molecule has 0 radical (unpaired) electrons. The topological polar surface area (TPSA) is 83.7 Å². The van der Waals surface area contributed by atoms with E-state index >= 15 is 0 Å². The molecule has 0 aliphatic heterocycles. The van der Waals surface area contributed by atoms with Gasteiger partial charge in [0.1, 0.15) is 17.6 Å². The van der Waals surface area contributed by atoms with E-state index in [0.29, 0.717) is 18.2 Å². The quantitative estimate of drug-likeness (QED) is 0.687. The van der Waals surface area contributed by atoms with Crippen molar-refractivity contribution in [3.05, 3.63) is 53.5 Å². The number of furan rings is 1. The van der Waals surface area contributed by atoms with Crippen LogP contribution in [0.15, 0.2) is 41.0 Å². The van der Waals surface area contributed by atoms with Crippen molar-refractivity contribution >= 4 is 6.03 Å². The summed E-state index contributed by atoms with van der Waals surface area (Å²) < 4.78 is 11.0. The molecule has 0 saturated heterocycles. The van der Waals surface area contributed by atoms with Gasteiger partial charge in [0.15, 0.2) is 0 Å². The lowest BCUT2D eigenvalue weighted by Gasteiger charge is -2.14. The fourth-order valence-electron chi connectivity index (χ4n) is 2.44. The van der Waals surface area contributed by atoms with Crippen LogP contribution in [-0.2, 0) is 6.54 Å². The van der Waals surface area contributed by atoms with E-state index in [-0.39, 0.29) is 12.6 Å². The normalized spacial score (nSPS) is 14.8. The van der Waals surface area contributed by atoms with Crippen molar-refractivity contribution in [2.45, 2.75) is 32.4 Å². The number of nitrogens with one attached hydrogen (secondary N) is 2. The lowest BCUT2D eigenvalue weighted by Crippen LogP contribution is -2.37. The number of urea groups is 1. The van der Waals surface area contributed by atoms with E-state index < -0.39 is 6.10 Å². The second kappa shape index (κ2) is 8.07. The number of hydrogen-bond acceptors (Lipinski definition) is 4. The number of aryl methyl sites for hydroxylation is 1. The van der Waals surface area contributed by atoms with Gasteiger partial charge in [-0.3, -0.25) is 0 Å². The molecule has 0 spiro atoms. The van der Waals surface area contributed by atoms with Crippen LogP contribution < -0.4 is 15.4 Å². The summed E-state index contributed by atoms with van der Waals surface area (Å²) >= 11 is 0. The van der Waals surface area contributed by atoms with Crippen molar-refractivity contribution in [1.82, 2.24) is 10.6 Å². The highest BCUT2D eigenvalue weighted by molar-refractivity contribution is 5.73. The maximum atomic E-state index is 11.9. The molecule has 0 bridgehead atoms. The third kappa shape index (κ3) is 5.26. The first kappa shape index (κ1) is 17.4. The molecule has 1 aromatic carbocycles. The van der Waals surface area contributed by atoms with Gasteiger partial charge in [-0.1, -0.05) is 12.1 Å². The average molecular weight is 344 g/mol. The van der Waals surface area contributed by atoms with Crippen molar-refractivity contribution < 1.29 is 19.1 Å². The number of ether oxygens (including phenoxy) is 1. The van der Waals surface area contributed by atoms with Gasteiger partial charge in [-0.2, -0.15) is 0 Å². The summed E-state index contributed by atoms with van der Waals surface area (Å²) in [5.74, 6) is 1.92. The van der Waals surface area contributed by atoms with Crippen LogP contribution in [0.4, 0.5) is 4.79 Å². The number of aliphatic hydroxyl groups excluding tert-OH is 1. The second-order valence-electron chi connectivity index (χ2n) is 6.46. The first-order chi connectivity index (χ1) is 12.1. The molecule has 1 aliphatic rings. The first-order valence-electron chi connectivity index (χ1n) is 8.57. The largest absolute Gasteiger partial charge is 0.493 e. The lowest BCUT2D eigenvalue weighted by atomic mass is 10.1. The smallest absolute Gasteiger partial charge is 0.315 e. The number of rotatable bonds is 8. The molecule has 1 fully saturated rings. The number of aliphatic hydroxyl groups is 1. The zero-order chi connectivity index (χ0) is 17.6. The minimum Gasteiger partial charge on any atom is -0.493 e. The third-order valence-corrected chi connectivity index (χ3v) is 4.16. The minimum atomic E-state index is -0.863. The molecule has 2 amide bonds. The van der Waals surface area contributed by atoms with E-state index in [2.05, 4.69) is 10.6 Å². The first-order valence-corrected chi connectivity index (χ1v) is 8.57. The van der Waals surface area contributed by atoms with E-state index in [1.807, 2.05) is 25.1 Å². The van der Waals surface area contributed by atoms with Gasteiger partial charge in [-0.25, -0.2) is 4.79 Å². The molecule has 1 atom stereocenters. The van der Waals surface area contributed by atoms with E-state index in [0.717, 1.165) is 23.5 Å². The van der Waals surface area contributed by atoms with Crippen LogP contribution in [0.2, 0.25) is 0 Å². The fourth-order valence-corrected chi connectivity index (χ4v) is 2.44. The molecule has 25 heavy (non-hydrogen) atoms. The van der Waals surface area contributed by atoms with Gasteiger partial charge in [0, 0.05) is 12.1 Å². The Kier molecular flexibility index (Phi) is 5.60. The van der Waals surface area contributed by atoms with Crippen LogP contribution in [0.5, 0.6) is 5.75 Å². The van der Waals surface area contributed by atoms with Crippen molar-refractivity contribution in [3.8, 4) is 5.75 Å². The Morgan fingerprint density at radius 1 is 1.36 bits per heavy atom. The van der Waals surface area contributed by atoms with Crippen LogP contribution in [0.1, 0.15) is 35.8 Å². The molecule has 3 rings (SSSR count). The lowest BCUT2D eigenvalue weighted by molar-refractivity contribution is 0.148. The van der Waals surface area contributed by atoms with E-state index in [4.69, 9.17) is 9.15 Å². The molecule has 3 N–H and O–H groups in total. The maximum Gasteiger partial charge on any atom is 0.315 e. The molecule has 6 nitrogen and oxygen atoms in total. The highest BCUT2D eigenvalue weighted by Gasteiger charge is 2.22. The number of benzene rings is 1.